The highest BCUT2D eigenvalue weighted by molar-refractivity contribution is 9.10. The van der Waals surface area contributed by atoms with Crippen LogP contribution < -0.4 is 5.73 Å². The van der Waals surface area contributed by atoms with E-state index in [2.05, 4.69) is 15.9 Å². The van der Waals surface area contributed by atoms with Crippen molar-refractivity contribution in [3.05, 3.63) is 34.1 Å². The lowest BCUT2D eigenvalue weighted by Gasteiger charge is -2.45. The van der Waals surface area contributed by atoms with Gasteiger partial charge >= 0.3 is 0 Å². The summed E-state index contributed by atoms with van der Waals surface area (Å²) in [5, 5.41) is 0. The van der Waals surface area contributed by atoms with Crippen molar-refractivity contribution in [2.45, 2.75) is 24.3 Å². The maximum absolute atomic E-state index is 12.8. The van der Waals surface area contributed by atoms with Gasteiger partial charge in [-0.15, -0.1) is 0 Å². The maximum atomic E-state index is 12.8. The number of halogens is 4. The van der Waals surface area contributed by atoms with E-state index in [1.807, 2.05) is 0 Å². The Morgan fingerprint density at radius 3 is 2.33 bits per heavy atom. The second-order valence-corrected chi connectivity index (χ2v) is 4.84. The Morgan fingerprint density at radius 2 is 1.87 bits per heavy atom. The average Bonchev–Trinajstić information content (AvgIpc) is 1.98. The molecule has 0 aliphatic heterocycles. The van der Waals surface area contributed by atoms with Gasteiger partial charge in [-0.1, -0.05) is 22.0 Å². The van der Waals surface area contributed by atoms with Crippen LogP contribution in [0.15, 0.2) is 22.7 Å². The first-order valence-corrected chi connectivity index (χ1v) is 5.24. The lowest BCUT2D eigenvalue weighted by Crippen LogP contribution is -2.55. The van der Waals surface area contributed by atoms with Crippen LogP contribution in [0, 0.1) is 5.82 Å². The van der Waals surface area contributed by atoms with Gasteiger partial charge in [0, 0.05) is 17.3 Å². The monoisotopic (exact) mass is 279 g/mol. The van der Waals surface area contributed by atoms with Gasteiger partial charge in [0.05, 0.1) is 5.54 Å². The van der Waals surface area contributed by atoms with Crippen LogP contribution >= 0.6 is 15.9 Å². The Bertz CT molecular complexity index is 398. The van der Waals surface area contributed by atoms with E-state index >= 15 is 0 Å². The number of rotatable bonds is 1. The summed E-state index contributed by atoms with van der Waals surface area (Å²) >= 11 is 3.13. The highest BCUT2D eigenvalue weighted by atomic mass is 79.9. The Kier molecular flexibility index (Phi) is 2.35. The number of hydrogen-bond donors (Lipinski definition) is 1. The van der Waals surface area contributed by atoms with Crippen LogP contribution in [0.1, 0.15) is 18.4 Å². The zero-order chi connectivity index (χ0) is 11.3. The molecule has 5 heteroatoms. The molecule has 0 spiro atoms. The van der Waals surface area contributed by atoms with Gasteiger partial charge in [0.15, 0.2) is 0 Å². The Labute approximate surface area is 93.6 Å². The van der Waals surface area contributed by atoms with Gasteiger partial charge in [0.2, 0.25) is 0 Å². The molecule has 0 bridgehead atoms. The Hall–Kier alpha value is -0.550. The van der Waals surface area contributed by atoms with Gasteiger partial charge in [-0.2, -0.15) is 0 Å². The molecule has 0 heterocycles. The van der Waals surface area contributed by atoms with Crippen molar-refractivity contribution < 1.29 is 13.2 Å². The highest BCUT2D eigenvalue weighted by Crippen LogP contribution is 2.51. The molecule has 2 rings (SSSR count). The van der Waals surface area contributed by atoms with Gasteiger partial charge in [0.25, 0.3) is 5.92 Å². The zero-order valence-corrected chi connectivity index (χ0v) is 9.32. The van der Waals surface area contributed by atoms with Crippen LogP contribution in [-0.2, 0) is 5.54 Å². The van der Waals surface area contributed by atoms with Gasteiger partial charge in [-0.25, -0.2) is 13.2 Å². The second kappa shape index (κ2) is 3.22. The molecule has 0 amide bonds. The van der Waals surface area contributed by atoms with Crippen molar-refractivity contribution in [1.82, 2.24) is 0 Å². The van der Waals surface area contributed by atoms with Crippen LogP contribution in [-0.4, -0.2) is 5.92 Å². The molecular formula is C10H9BrF3N. The van der Waals surface area contributed by atoms with Crippen LogP contribution in [0.25, 0.3) is 0 Å². The molecular weight excluding hydrogens is 271 g/mol. The van der Waals surface area contributed by atoms with Crippen LogP contribution in [0.2, 0.25) is 0 Å². The molecule has 1 aromatic carbocycles. The molecule has 82 valence electrons. The topological polar surface area (TPSA) is 26.0 Å². The molecule has 1 nitrogen and oxygen atoms in total. The molecule has 1 aliphatic carbocycles. The summed E-state index contributed by atoms with van der Waals surface area (Å²) in [4.78, 5) is 0. The molecule has 0 radical (unpaired) electrons. The van der Waals surface area contributed by atoms with Gasteiger partial charge in [-0.3, -0.25) is 0 Å². The van der Waals surface area contributed by atoms with Crippen LogP contribution in [0.4, 0.5) is 13.2 Å². The van der Waals surface area contributed by atoms with Gasteiger partial charge in [-0.05, 0) is 17.7 Å². The summed E-state index contributed by atoms with van der Waals surface area (Å²) < 4.78 is 38.8. The number of hydrogen-bond acceptors (Lipinski definition) is 1. The average molecular weight is 280 g/mol. The van der Waals surface area contributed by atoms with Crippen LogP contribution in [0.5, 0.6) is 0 Å². The van der Waals surface area contributed by atoms with Crippen molar-refractivity contribution in [3.63, 3.8) is 0 Å². The lowest BCUT2D eigenvalue weighted by molar-refractivity contribution is -0.125. The van der Waals surface area contributed by atoms with E-state index in [1.54, 1.807) is 0 Å². The van der Waals surface area contributed by atoms with Crippen molar-refractivity contribution in [1.29, 1.82) is 0 Å². The van der Waals surface area contributed by atoms with E-state index in [-0.39, 0.29) is 12.8 Å². The fraction of sp³-hybridized carbons (Fsp3) is 0.400. The fourth-order valence-corrected chi connectivity index (χ4v) is 2.70. The van der Waals surface area contributed by atoms with Gasteiger partial charge in [0.1, 0.15) is 5.82 Å². The summed E-state index contributed by atoms with van der Waals surface area (Å²) in [6, 6.07) is 3.92. The summed E-state index contributed by atoms with van der Waals surface area (Å²) in [5.74, 6) is -3.11. The van der Waals surface area contributed by atoms with Crippen molar-refractivity contribution >= 4 is 15.9 Å². The molecule has 1 aromatic rings. The highest BCUT2D eigenvalue weighted by Gasteiger charge is 2.55. The normalized spacial score (nSPS) is 22.2. The quantitative estimate of drug-likeness (QED) is 0.840. The largest absolute Gasteiger partial charge is 0.321 e. The van der Waals surface area contributed by atoms with E-state index in [4.69, 9.17) is 5.73 Å². The van der Waals surface area contributed by atoms with Crippen molar-refractivity contribution in [2.24, 2.45) is 5.73 Å². The van der Waals surface area contributed by atoms with E-state index in [9.17, 15) is 13.2 Å². The summed E-state index contributed by atoms with van der Waals surface area (Å²) in [6.07, 6.45) is -0.769. The molecule has 0 saturated heterocycles. The number of benzene rings is 1. The summed E-state index contributed by atoms with van der Waals surface area (Å²) in [6.45, 7) is 0. The minimum atomic E-state index is -2.69. The zero-order valence-electron chi connectivity index (χ0n) is 7.74. The predicted molar refractivity (Wildman–Crippen MR) is 54.1 cm³/mol. The molecule has 0 unspecified atom stereocenters. The second-order valence-electron chi connectivity index (χ2n) is 3.99. The third-order valence-electron chi connectivity index (χ3n) is 2.62. The van der Waals surface area contributed by atoms with E-state index in [1.165, 1.54) is 18.2 Å². The molecule has 1 saturated carbocycles. The molecule has 1 fully saturated rings. The summed E-state index contributed by atoms with van der Waals surface area (Å²) in [7, 11) is 0. The Balaban J connectivity index is 2.32. The minimum Gasteiger partial charge on any atom is -0.321 e. The summed E-state index contributed by atoms with van der Waals surface area (Å²) in [5.41, 5.74) is 5.32. The maximum Gasteiger partial charge on any atom is 0.252 e. The molecule has 0 aromatic heterocycles. The van der Waals surface area contributed by atoms with Crippen molar-refractivity contribution in [2.75, 3.05) is 0 Å². The SMILES string of the molecule is NC1(c2ccc(F)cc2Br)CC(F)(F)C1. The number of nitrogens with two attached hydrogens (primary N) is 1. The van der Waals surface area contributed by atoms with E-state index in [0.717, 1.165) is 0 Å². The first kappa shape index (κ1) is 11.0. The van der Waals surface area contributed by atoms with Gasteiger partial charge < -0.3 is 5.73 Å². The first-order valence-electron chi connectivity index (χ1n) is 4.45. The fourth-order valence-electron chi connectivity index (χ4n) is 1.95. The smallest absolute Gasteiger partial charge is 0.252 e. The third-order valence-corrected chi connectivity index (χ3v) is 3.27. The number of alkyl halides is 2. The van der Waals surface area contributed by atoms with E-state index in [0.29, 0.717) is 10.0 Å². The van der Waals surface area contributed by atoms with E-state index < -0.39 is 17.3 Å². The van der Waals surface area contributed by atoms with Crippen LogP contribution in [0.3, 0.4) is 0 Å². The standard InChI is InChI=1S/C10H9BrF3N/c11-8-3-6(12)1-2-7(8)9(15)4-10(13,14)5-9/h1-3H,4-5,15H2. The molecule has 2 N–H and O–H groups in total. The van der Waals surface area contributed by atoms with Crippen molar-refractivity contribution in [3.8, 4) is 0 Å². The molecule has 1 aliphatic rings. The Morgan fingerprint density at radius 1 is 1.27 bits per heavy atom. The molecule has 0 atom stereocenters. The minimum absolute atomic E-state index is 0.385. The first-order chi connectivity index (χ1) is 6.82. The lowest BCUT2D eigenvalue weighted by atomic mass is 9.70. The predicted octanol–water partition coefficient (Wildman–Crippen LogP) is 3.17. The molecule has 15 heavy (non-hydrogen) atoms. The third kappa shape index (κ3) is 1.90.